The maximum Gasteiger partial charge on any atom is 0.203 e. The number of benzene rings is 2. The molecule has 0 radical (unpaired) electrons. The van der Waals surface area contributed by atoms with Crippen molar-refractivity contribution >= 4 is 0 Å². The summed E-state index contributed by atoms with van der Waals surface area (Å²) in [6.07, 6.45) is 1.59. The van der Waals surface area contributed by atoms with Gasteiger partial charge in [-0.25, -0.2) is 0 Å². The highest BCUT2D eigenvalue weighted by molar-refractivity contribution is 5.60. The second-order valence-corrected chi connectivity index (χ2v) is 5.84. The van der Waals surface area contributed by atoms with E-state index in [9.17, 15) is 5.11 Å². The van der Waals surface area contributed by atoms with Crippen LogP contribution in [0.2, 0.25) is 0 Å². The zero-order chi connectivity index (χ0) is 17.1. The predicted octanol–water partition coefficient (Wildman–Crippen LogP) is 2.85. The Morgan fingerprint density at radius 1 is 1.08 bits per heavy atom. The van der Waals surface area contributed by atoms with Gasteiger partial charge in [0.2, 0.25) is 5.75 Å². The Bertz CT molecular complexity index is 712. The smallest absolute Gasteiger partial charge is 0.203 e. The molecule has 1 heterocycles. The van der Waals surface area contributed by atoms with Crippen LogP contribution in [0.1, 0.15) is 22.7 Å². The molecular weight excluding hydrogens is 306 g/mol. The molecule has 2 aromatic rings. The number of ether oxygens (including phenoxy) is 3. The molecule has 0 bridgehead atoms. The molecule has 5 nitrogen and oxygen atoms in total. The minimum atomic E-state index is 0.118. The van der Waals surface area contributed by atoms with E-state index in [4.69, 9.17) is 14.2 Å². The minimum Gasteiger partial charge on any atom is -0.504 e. The number of phenols is 1. The van der Waals surface area contributed by atoms with Gasteiger partial charge in [-0.2, -0.15) is 0 Å². The van der Waals surface area contributed by atoms with Crippen molar-refractivity contribution in [2.24, 2.45) is 0 Å². The number of nitrogens with one attached hydrogen (secondary N) is 1. The van der Waals surface area contributed by atoms with Crippen molar-refractivity contribution in [2.75, 3.05) is 27.9 Å². The summed E-state index contributed by atoms with van der Waals surface area (Å²) < 4.78 is 15.9. The predicted molar refractivity (Wildman–Crippen MR) is 92.4 cm³/mol. The maximum atomic E-state index is 10.5. The van der Waals surface area contributed by atoms with Gasteiger partial charge in [0.1, 0.15) is 5.75 Å². The number of rotatable bonds is 5. The lowest BCUT2D eigenvalue weighted by atomic mass is 9.89. The molecule has 0 amide bonds. The zero-order valence-electron chi connectivity index (χ0n) is 14.3. The van der Waals surface area contributed by atoms with E-state index >= 15 is 0 Å². The van der Waals surface area contributed by atoms with E-state index < -0.39 is 0 Å². The van der Waals surface area contributed by atoms with Crippen molar-refractivity contribution in [3.05, 3.63) is 47.0 Å². The van der Waals surface area contributed by atoms with Crippen LogP contribution in [0, 0.1) is 0 Å². The van der Waals surface area contributed by atoms with Crippen LogP contribution in [0.25, 0.3) is 0 Å². The van der Waals surface area contributed by atoms with Crippen molar-refractivity contribution in [3.63, 3.8) is 0 Å². The van der Waals surface area contributed by atoms with Gasteiger partial charge >= 0.3 is 0 Å². The summed E-state index contributed by atoms with van der Waals surface area (Å²) in [4.78, 5) is 0. The van der Waals surface area contributed by atoms with Gasteiger partial charge in [0.15, 0.2) is 11.5 Å². The molecule has 24 heavy (non-hydrogen) atoms. The van der Waals surface area contributed by atoms with Crippen LogP contribution in [0.5, 0.6) is 23.0 Å². The zero-order valence-corrected chi connectivity index (χ0v) is 14.3. The highest BCUT2D eigenvalue weighted by Gasteiger charge is 2.27. The normalized spacial score (nSPS) is 16.4. The van der Waals surface area contributed by atoms with Crippen molar-refractivity contribution in [3.8, 4) is 23.0 Å². The van der Waals surface area contributed by atoms with E-state index in [0.29, 0.717) is 11.5 Å². The first-order valence-corrected chi connectivity index (χ1v) is 8.01. The molecule has 0 aromatic heterocycles. The highest BCUT2D eigenvalue weighted by atomic mass is 16.5. The van der Waals surface area contributed by atoms with Gasteiger partial charge < -0.3 is 24.6 Å². The molecule has 0 saturated carbocycles. The molecule has 2 aromatic carbocycles. The SMILES string of the molecule is COc1ccc(C[C@@H]2NCCc3c2cc(OC)c(OC)c3O)cc1. The highest BCUT2D eigenvalue weighted by Crippen LogP contribution is 2.44. The Morgan fingerprint density at radius 2 is 1.83 bits per heavy atom. The van der Waals surface area contributed by atoms with Gasteiger partial charge in [0.25, 0.3) is 0 Å². The van der Waals surface area contributed by atoms with Crippen LogP contribution in [0.4, 0.5) is 0 Å². The first-order valence-electron chi connectivity index (χ1n) is 8.01. The van der Waals surface area contributed by atoms with Gasteiger partial charge in [-0.05, 0) is 48.7 Å². The average molecular weight is 329 g/mol. The Hall–Kier alpha value is -2.40. The van der Waals surface area contributed by atoms with E-state index in [2.05, 4.69) is 17.4 Å². The number of hydrogen-bond acceptors (Lipinski definition) is 5. The largest absolute Gasteiger partial charge is 0.504 e. The molecule has 1 aliphatic heterocycles. The number of fused-ring (bicyclic) bond motifs is 1. The van der Waals surface area contributed by atoms with E-state index in [1.807, 2.05) is 18.2 Å². The molecule has 0 saturated heterocycles. The van der Waals surface area contributed by atoms with Crippen LogP contribution in [0.3, 0.4) is 0 Å². The summed E-state index contributed by atoms with van der Waals surface area (Å²) >= 11 is 0. The Labute approximate surface area is 142 Å². The van der Waals surface area contributed by atoms with Crippen molar-refractivity contribution in [2.45, 2.75) is 18.9 Å². The minimum absolute atomic E-state index is 0.118. The van der Waals surface area contributed by atoms with Crippen LogP contribution < -0.4 is 19.5 Å². The molecule has 0 fully saturated rings. The lowest BCUT2D eigenvalue weighted by molar-refractivity contribution is 0.327. The topological polar surface area (TPSA) is 60.0 Å². The van der Waals surface area contributed by atoms with E-state index in [1.165, 1.54) is 5.56 Å². The molecule has 0 spiro atoms. The lowest BCUT2D eigenvalue weighted by Gasteiger charge is -2.29. The third kappa shape index (κ3) is 2.99. The first kappa shape index (κ1) is 16.5. The fourth-order valence-corrected chi connectivity index (χ4v) is 3.27. The monoisotopic (exact) mass is 329 g/mol. The second kappa shape index (κ2) is 7.01. The summed E-state index contributed by atoms with van der Waals surface area (Å²) in [6.45, 7) is 0.816. The Morgan fingerprint density at radius 3 is 2.46 bits per heavy atom. The summed E-state index contributed by atoms with van der Waals surface area (Å²) in [5.41, 5.74) is 3.20. The van der Waals surface area contributed by atoms with Gasteiger partial charge in [-0.1, -0.05) is 12.1 Å². The van der Waals surface area contributed by atoms with Crippen LogP contribution in [0.15, 0.2) is 30.3 Å². The standard InChI is InChI=1S/C19H23NO4/c1-22-13-6-4-12(5-7-13)10-16-15-11-17(23-2)19(24-3)18(21)14(15)8-9-20-16/h4-7,11,16,20-21H,8-10H2,1-3H3/t16-/m0/s1. The van der Waals surface area contributed by atoms with Crippen molar-refractivity contribution in [1.82, 2.24) is 5.32 Å². The molecule has 1 aliphatic rings. The van der Waals surface area contributed by atoms with Gasteiger partial charge in [0, 0.05) is 11.6 Å². The fourth-order valence-electron chi connectivity index (χ4n) is 3.27. The molecular formula is C19H23NO4. The Kier molecular flexibility index (Phi) is 4.81. The molecule has 3 rings (SSSR count). The third-order valence-corrected chi connectivity index (χ3v) is 4.52. The van der Waals surface area contributed by atoms with Gasteiger partial charge in [-0.3, -0.25) is 0 Å². The summed E-state index contributed by atoms with van der Waals surface area (Å²) in [6, 6.07) is 10.1. The van der Waals surface area contributed by atoms with Crippen LogP contribution in [-0.2, 0) is 12.8 Å². The summed E-state index contributed by atoms with van der Waals surface area (Å²) in [7, 11) is 4.79. The average Bonchev–Trinajstić information content (AvgIpc) is 2.62. The Balaban J connectivity index is 1.94. The van der Waals surface area contributed by atoms with Crippen molar-refractivity contribution in [1.29, 1.82) is 0 Å². The number of aromatic hydroxyl groups is 1. The van der Waals surface area contributed by atoms with E-state index in [1.54, 1.807) is 21.3 Å². The molecule has 0 aliphatic carbocycles. The van der Waals surface area contributed by atoms with Gasteiger partial charge in [-0.15, -0.1) is 0 Å². The second-order valence-electron chi connectivity index (χ2n) is 5.84. The number of phenolic OH excluding ortho intramolecular Hbond substituents is 1. The van der Waals surface area contributed by atoms with E-state index in [-0.39, 0.29) is 11.8 Å². The molecule has 1 atom stereocenters. The quantitative estimate of drug-likeness (QED) is 0.883. The molecule has 128 valence electrons. The third-order valence-electron chi connectivity index (χ3n) is 4.52. The maximum absolute atomic E-state index is 10.5. The molecule has 2 N–H and O–H groups in total. The first-order chi connectivity index (χ1) is 11.7. The van der Waals surface area contributed by atoms with Crippen LogP contribution in [-0.4, -0.2) is 33.0 Å². The number of hydrogen-bond donors (Lipinski definition) is 2. The summed E-state index contributed by atoms with van der Waals surface area (Å²) in [5.74, 6) is 1.99. The lowest BCUT2D eigenvalue weighted by Crippen LogP contribution is -2.31. The van der Waals surface area contributed by atoms with Crippen LogP contribution >= 0.6 is 0 Å². The molecule has 0 unspecified atom stereocenters. The van der Waals surface area contributed by atoms with Gasteiger partial charge in [0.05, 0.1) is 21.3 Å². The van der Waals surface area contributed by atoms with E-state index in [0.717, 1.165) is 36.3 Å². The summed E-state index contributed by atoms with van der Waals surface area (Å²) in [5, 5.41) is 14.1. The molecule has 5 heteroatoms. The number of methoxy groups -OCH3 is 3. The van der Waals surface area contributed by atoms with Crippen molar-refractivity contribution < 1.29 is 19.3 Å². The fraction of sp³-hybridized carbons (Fsp3) is 0.368.